The predicted molar refractivity (Wildman–Crippen MR) is 168 cm³/mol. The first-order valence-corrected chi connectivity index (χ1v) is 14.9. The lowest BCUT2D eigenvalue weighted by Crippen LogP contribution is -2.36. The molecule has 9 nitrogen and oxygen atoms in total. The molecule has 230 valence electrons. The summed E-state index contributed by atoms with van der Waals surface area (Å²) < 4.78 is 42.6. The minimum absolute atomic E-state index is 0.230. The van der Waals surface area contributed by atoms with Crippen molar-refractivity contribution in [3.63, 3.8) is 0 Å². The second kappa shape index (κ2) is 13.3. The highest BCUT2D eigenvalue weighted by Crippen LogP contribution is 2.32. The van der Waals surface area contributed by atoms with E-state index in [1.807, 2.05) is 0 Å². The number of nitriles is 1. The van der Waals surface area contributed by atoms with E-state index in [2.05, 4.69) is 69.0 Å². The number of aromatic nitrogens is 3. The number of hydrogen-bond donors (Lipinski definition) is 1. The Labute approximate surface area is 262 Å². The standard InChI is InChI=1S/C32H28F3N7O2S/c1-20-15-21(2)28(22(3)16-20)41-13-4-14-45-31(41)39-30(43)37-18-25(17-36)23-5-7-24(8-6-23)29-38-19-42(40-29)26-9-11-27(12-10-26)44-32(33,34)35/h5-12,15-16,18-19H,4,13-14H2,1-3H3,(H,37,43)/b25-18+,39-31?. The maximum absolute atomic E-state index is 12.8. The van der Waals surface area contributed by atoms with Crippen LogP contribution in [-0.2, 0) is 0 Å². The largest absolute Gasteiger partial charge is 0.573 e. The number of thioether (sulfide) groups is 1. The summed E-state index contributed by atoms with van der Waals surface area (Å²) in [5.41, 5.74) is 6.41. The van der Waals surface area contributed by atoms with Gasteiger partial charge in [-0.15, -0.1) is 18.3 Å². The first-order chi connectivity index (χ1) is 21.5. The Bertz CT molecular complexity index is 1790. The van der Waals surface area contributed by atoms with Crippen molar-refractivity contribution in [3.8, 4) is 28.9 Å². The Kier molecular flexibility index (Phi) is 9.24. The molecule has 0 saturated carbocycles. The quantitative estimate of drug-likeness (QED) is 0.222. The number of amidine groups is 1. The van der Waals surface area contributed by atoms with Gasteiger partial charge in [-0.05, 0) is 68.1 Å². The molecule has 5 rings (SSSR count). The number of nitrogens with zero attached hydrogens (tertiary/aromatic N) is 6. The van der Waals surface area contributed by atoms with Gasteiger partial charge in [-0.25, -0.2) is 14.5 Å². The van der Waals surface area contributed by atoms with Gasteiger partial charge in [0.2, 0.25) is 0 Å². The number of carbonyl (C=O) groups excluding carboxylic acids is 1. The minimum Gasteiger partial charge on any atom is -0.406 e. The summed E-state index contributed by atoms with van der Waals surface area (Å²) in [4.78, 5) is 23.5. The van der Waals surface area contributed by atoms with Gasteiger partial charge in [0.05, 0.1) is 11.3 Å². The Morgan fingerprint density at radius 2 is 1.78 bits per heavy atom. The fourth-order valence-electron chi connectivity index (χ4n) is 5.01. The number of amides is 2. The van der Waals surface area contributed by atoms with E-state index in [0.717, 1.165) is 35.5 Å². The molecular formula is C32H28F3N7O2S. The molecule has 45 heavy (non-hydrogen) atoms. The topological polar surface area (TPSA) is 108 Å². The van der Waals surface area contributed by atoms with E-state index in [4.69, 9.17) is 0 Å². The number of rotatable bonds is 6. The number of allylic oxidation sites excluding steroid dienone is 1. The third-order valence-electron chi connectivity index (χ3n) is 6.83. The Hall–Kier alpha value is -5.09. The van der Waals surface area contributed by atoms with E-state index in [0.29, 0.717) is 27.8 Å². The molecule has 1 fully saturated rings. The first-order valence-electron chi connectivity index (χ1n) is 13.9. The lowest BCUT2D eigenvalue weighted by molar-refractivity contribution is -0.274. The average Bonchev–Trinajstić information content (AvgIpc) is 3.48. The summed E-state index contributed by atoms with van der Waals surface area (Å²) in [6.07, 6.45) is -1.03. The SMILES string of the molecule is Cc1cc(C)c(N2CCCSC2=NC(=O)N/C=C(\C#N)c2ccc(-c3ncn(-c4ccc(OC(F)(F)F)cc4)n3)cc2)c(C)c1. The molecular weight excluding hydrogens is 603 g/mol. The smallest absolute Gasteiger partial charge is 0.406 e. The molecule has 2 heterocycles. The van der Waals surface area contributed by atoms with Crippen molar-refractivity contribution in [2.24, 2.45) is 4.99 Å². The third kappa shape index (κ3) is 7.71. The van der Waals surface area contributed by atoms with Gasteiger partial charge in [0.1, 0.15) is 18.1 Å². The summed E-state index contributed by atoms with van der Waals surface area (Å²) >= 11 is 1.52. The number of urea groups is 1. The molecule has 1 aliphatic heterocycles. The fraction of sp³-hybridized carbons (Fsp3) is 0.219. The van der Waals surface area contributed by atoms with Crippen LogP contribution in [0, 0.1) is 32.1 Å². The summed E-state index contributed by atoms with van der Waals surface area (Å²) in [6, 6.07) is 17.9. The van der Waals surface area contributed by atoms with Crippen LogP contribution in [0.15, 0.2) is 78.2 Å². The van der Waals surface area contributed by atoms with Gasteiger partial charge in [0.25, 0.3) is 0 Å². The number of ether oxygens (including phenoxy) is 1. The summed E-state index contributed by atoms with van der Waals surface area (Å²) in [5, 5.41) is 17.4. The van der Waals surface area contributed by atoms with Crippen molar-refractivity contribution in [3.05, 3.63) is 95.4 Å². The normalized spacial score (nSPS) is 14.7. The molecule has 0 atom stereocenters. The Balaban J connectivity index is 1.27. The number of halogens is 3. The molecule has 2 amide bonds. The molecule has 4 aromatic rings. The molecule has 0 aliphatic carbocycles. The first kappa shape index (κ1) is 31.3. The Morgan fingerprint density at radius 1 is 1.09 bits per heavy atom. The van der Waals surface area contributed by atoms with Crippen molar-refractivity contribution in [1.82, 2.24) is 20.1 Å². The predicted octanol–water partition coefficient (Wildman–Crippen LogP) is 7.33. The molecule has 3 aromatic carbocycles. The molecule has 1 saturated heterocycles. The number of nitrogens with one attached hydrogen (secondary N) is 1. The molecule has 13 heteroatoms. The number of aliphatic imine (C=N–C) groups is 1. The molecule has 1 N–H and O–H groups in total. The van der Waals surface area contributed by atoms with Gasteiger partial charge in [-0.1, -0.05) is 53.7 Å². The number of benzene rings is 3. The zero-order valence-corrected chi connectivity index (χ0v) is 25.4. The van der Waals surface area contributed by atoms with Crippen LogP contribution in [-0.4, -0.2) is 44.6 Å². The molecule has 0 radical (unpaired) electrons. The third-order valence-corrected chi connectivity index (χ3v) is 7.89. The Morgan fingerprint density at radius 3 is 2.42 bits per heavy atom. The zero-order valence-electron chi connectivity index (χ0n) is 24.6. The second-order valence-corrected chi connectivity index (χ2v) is 11.3. The zero-order chi connectivity index (χ0) is 32.1. The van der Waals surface area contributed by atoms with E-state index in [1.54, 1.807) is 24.3 Å². The van der Waals surface area contributed by atoms with Crippen molar-refractivity contribution < 1.29 is 22.7 Å². The fourth-order valence-corrected chi connectivity index (χ4v) is 5.95. The number of alkyl halides is 3. The van der Waals surface area contributed by atoms with Crippen LogP contribution in [0.25, 0.3) is 22.6 Å². The van der Waals surface area contributed by atoms with Crippen molar-refractivity contribution in [2.45, 2.75) is 33.6 Å². The van der Waals surface area contributed by atoms with E-state index < -0.39 is 12.4 Å². The van der Waals surface area contributed by atoms with Crippen LogP contribution in [0.3, 0.4) is 0 Å². The maximum atomic E-state index is 12.8. The number of anilines is 1. The number of aryl methyl sites for hydroxylation is 3. The summed E-state index contributed by atoms with van der Waals surface area (Å²) in [5.74, 6) is 0.890. The number of hydrogen-bond acceptors (Lipinski definition) is 6. The van der Waals surface area contributed by atoms with Crippen LogP contribution < -0.4 is 15.0 Å². The van der Waals surface area contributed by atoms with Crippen molar-refractivity contribution in [2.75, 3.05) is 17.2 Å². The highest BCUT2D eigenvalue weighted by Gasteiger charge is 2.31. The lowest BCUT2D eigenvalue weighted by Gasteiger charge is -2.32. The van der Waals surface area contributed by atoms with Crippen LogP contribution in [0.4, 0.5) is 23.7 Å². The van der Waals surface area contributed by atoms with Crippen LogP contribution in [0.1, 0.15) is 28.7 Å². The van der Waals surface area contributed by atoms with Crippen LogP contribution in [0.5, 0.6) is 5.75 Å². The monoisotopic (exact) mass is 631 g/mol. The lowest BCUT2D eigenvalue weighted by atomic mass is 10.0. The van der Waals surface area contributed by atoms with Gasteiger partial charge in [-0.2, -0.15) is 10.3 Å². The van der Waals surface area contributed by atoms with E-state index in [1.165, 1.54) is 58.8 Å². The summed E-state index contributed by atoms with van der Waals surface area (Å²) in [6.45, 7) is 6.92. The minimum atomic E-state index is -4.77. The molecule has 0 unspecified atom stereocenters. The maximum Gasteiger partial charge on any atom is 0.573 e. The highest BCUT2D eigenvalue weighted by molar-refractivity contribution is 8.14. The van der Waals surface area contributed by atoms with Gasteiger partial charge < -0.3 is 15.0 Å². The van der Waals surface area contributed by atoms with Gasteiger partial charge in [0.15, 0.2) is 11.0 Å². The second-order valence-electron chi connectivity index (χ2n) is 10.2. The van der Waals surface area contributed by atoms with Crippen molar-refractivity contribution in [1.29, 1.82) is 5.26 Å². The van der Waals surface area contributed by atoms with Crippen molar-refractivity contribution >= 4 is 34.2 Å². The number of carbonyl (C=O) groups is 1. The van der Waals surface area contributed by atoms with Crippen LogP contribution >= 0.6 is 11.8 Å². The molecule has 1 aromatic heterocycles. The van der Waals surface area contributed by atoms with Gasteiger partial charge >= 0.3 is 12.4 Å². The van der Waals surface area contributed by atoms with E-state index >= 15 is 0 Å². The van der Waals surface area contributed by atoms with E-state index in [-0.39, 0.29) is 11.3 Å². The van der Waals surface area contributed by atoms with Gasteiger partial charge in [0, 0.05) is 29.7 Å². The molecule has 1 aliphatic rings. The van der Waals surface area contributed by atoms with E-state index in [9.17, 15) is 23.2 Å². The molecule has 0 bridgehead atoms. The summed E-state index contributed by atoms with van der Waals surface area (Å²) in [7, 11) is 0. The van der Waals surface area contributed by atoms with Gasteiger partial charge in [-0.3, -0.25) is 0 Å². The average molecular weight is 632 g/mol. The highest BCUT2D eigenvalue weighted by atomic mass is 32.2. The van der Waals surface area contributed by atoms with Crippen LogP contribution in [0.2, 0.25) is 0 Å². The molecule has 0 spiro atoms.